The van der Waals surface area contributed by atoms with Crippen LogP contribution in [0.4, 0.5) is 0 Å². The molecular weight excluding hydrogens is 428 g/mol. The molecule has 0 aromatic heterocycles. The molecule has 5 fully saturated rings. The quantitative estimate of drug-likeness (QED) is 0.419. The van der Waals surface area contributed by atoms with E-state index in [1.165, 1.54) is 0 Å². The fraction of sp³-hybridized carbons (Fsp3) is 0.960. The molecule has 0 aromatic rings. The van der Waals surface area contributed by atoms with Crippen molar-refractivity contribution in [3.8, 4) is 0 Å². The van der Waals surface area contributed by atoms with Crippen LogP contribution in [0, 0.1) is 34.5 Å². The van der Waals surface area contributed by atoms with E-state index in [-0.39, 0.29) is 29.8 Å². The van der Waals surface area contributed by atoms with Crippen molar-refractivity contribution in [2.24, 2.45) is 34.5 Å². The lowest BCUT2D eigenvalue weighted by molar-refractivity contribution is -0.313. The summed E-state index contributed by atoms with van der Waals surface area (Å²) in [6.07, 6.45) is -7.96. The maximum absolute atomic E-state index is 11.6. The third-order valence-corrected chi connectivity index (χ3v) is 10.1. The number of aliphatic carboxylic acids is 1. The van der Waals surface area contributed by atoms with Crippen molar-refractivity contribution in [2.45, 2.75) is 114 Å². The van der Waals surface area contributed by atoms with Gasteiger partial charge in [-0.2, -0.15) is 0 Å². The predicted octanol–water partition coefficient (Wildman–Crippen LogP) is 1.67. The zero-order valence-electron chi connectivity index (χ0n) is 22.4. The molecule has 1 heterocycles. The van der Waals surface area contributed by atoms with Gasteiger partial charge in [0.2, 0.25) is 0 Å². The van der Waals surface area contributed by atoms with Crippen molar-refractivity contribution in [1.82, 2.24) is 0 Å². The summed E-state index contributed by atoms with van der Waals surface area (Å²) in [4.78, 5) is 11.6. The van der Waals surface area contributed by atoms with Crippen molar-refractivity contribution in [1.29, 1.82) is 0 Å². The van der Waals surface area contributed by atoms with Crippen LogP contribution in [0.1, 0.15) is 75.7 Å². The van der Waals surface area contributed by atoms with E-state index >= 15 is 0 Å². The highest BCUT2D eigenvalue weighted by molar-refractivity contribution is 5.73. The van der Waals surface area contributed by atoms with Crippen molar-refractivity contribution >= 4 is 5.97 Å². The first kappa shape index (κ1) is 20.4. The molecular formula is C25H40O8. The number of aliphatic hydroxyl groups is 4. The summed E-state index contributed by atoms with van der Waals surface area (Å²) in [6.45, 7) is 4.18. The first-order chi connectivity index (χ1) is 16.7. The van der Waals surface area contributed by atoms with Gasteiger partial charge in [-0.05, 0) is 92.2 Å². The van der Waals surface area contributed by atoms with Crippen molar-refractivity contribution in [2.75, 3.05) is 0 Å². The summed E-state index contributed by atoms with van der Waals surface area (Å²) in [6, 6.07) is 0. The summed E-state index contributed by atoms with van der Waals surface area (Å²) in [5.41, 5.74) is -0.861. The highest BCUT2D eigenvalue weighted by atomic mass is 16.7. The Morgan fingerprint density at radius 1 is 0.970 bits per heavy atom. The fourth-order valence-electron chi connectivity index (χ4n) is 8.06. The van der Waals surface area contributed by atoms with Crippen LogP contribution in [-0.4, -0.2) is 74.4 Å². The van der Waals surface area contributed by atoms with Crippen LogP contribution >= 0.6 is 0 Å². The molecule has 13 atom stereocenters. The average molecular weight is 472 g/mol. The number of hydrogen-bond acceptors (Lipinski definition) is 7. The summed E-state index contributed by atoms with van der Waals surface area (Å²) < 4.78 is 38.4. The van der Waals surface area contributed by atoms with E-state index in [4.69, 9.17) is 12.2 Å². The highest BCUT2D eigenvalue weighted by Crippen LogP contribution is 2.66. The van der Waals surface area contributed by atoms with Gasteiger partial charge in [0.25, 0.3) is 0 Å². The maximum atomic E-state index is 11.6. The lowest BCUT2D eigenvalue weighted by atomic mass is 9.45. The number of carboxylic acids is 1. The van der Waals surface area contributed by atoms with Gasteiger partial charge in [0.1, 0.15) is 18.3 Å². The third-order valence-electron chi connectivity index (χ3n) is 10.1. The molecule has 8 heteroatoms. The van der Waals surface area contributed by atoms with E-state index in [0.717, 1.165) is 38.5 Å². The molecule has 0 aromatic carbocycles. The van der Waals surface area contributed by atoms with E-state index in [9.17, 15) is 31.7 Å². The first-order valence-electron chi connectivity index (χ1n) is 13.9. The Balaban J connectivity index is 1.44. The summed E-state index contributed by atoms with van der Waals surface area (Å²) in [7, 11) is 0. The van der Waals surface area contributed by atoms with Crippen molar-refractivity contribution in [3.05, 3.63) is 0 Å². The molecule has 8 nitrogen and oxygen atoms in total. The second-order valence-electron chi connectivity index (χ2n) is 11.6. The van der Waals surface area contributed by atoms with Gasteiger partial charge in [-0.15, -0.1) is 0 Å². The van der Waals surface area contributed by atoms with Gasteiger partial charge in [0.15, 0.2) is 12.4 Å². The second-order valence-corrected chi connectivity index (χ2v) is 11.6. The lowest BCUT2D eigenvalue weighted by Gasteiger charge is -2.61. The minimum absolute atomic E-state index is 0.0714. The van der Waals surface area contributed by atoms with E-state index in [0.29, 0.717) is 18.3 Å². The Kier molecular flexibility index (Phi) is 5.21. The van der Waals surface area contributed by atoms with E-state index in [1.54, 1.807) is 0 Å². The third kappa shape index (κ3) is 3.67. The Hall–Kier alpha value is -0.770. The molecule has 0 bridgehead atoms. The molecule has 0 spiro atoms. The minimum Gasteiger partial charge on any atom is -0.479 e. The van der Waals surface area contributed by atoms with Gasteiger partial charge < -0.3 is 35.0 Å². The molecule has 1 unspecified atom stereocenters. The fourth-order valence-corrected chi connectivity index (χ4v) is 8.06. The molecule has 188 valence electrons. The number of aliphatic hydroxyl groups excluding tert-OH is 4. The number of rotatable bonds is 3. The van der Waals surface area contributed by atoms with E-state index in [1.807, 2.05) is 6.92 Å². The van der Waals surface area contributed by atoms with Gasteiger partial charge in [-0.25, -0.2) is 4.79 Å². The largest absolute Gasteiger partial charge is 0.479 e. The molecule has 5 rings (SSSR count). The van der Waals surface area contributed by atoms with Crippen LogP contribution in [-0.2, 0) is 14.3 Å². The van der Waals surface area contributed by atoms with Crippen LogP contribution in [0.3, 0.4) is 0 Å². The lowest BCUT2D eigenvalue weighted by Crippen LogP contribution is -2.61. The van der Waals surface area contributed by atoms with Crippen LogP contribution in [0.2, 0.25) is 0 Å². The maximum Gasteiger partial charge on any atom is 0.335 e. The number of ether oxygens (including phenoxy) is 2. The van der Waals surface area contributed by atoms with Crippen LogP contribution in [0.15, 0.2) is 0 Å². The zero-order valence-corrected chi connectivity index (χ0v) is 19.4. The molecule has 4 saturated carbocycles. The molecule has 5 N–H and O–H groups in total. The van der Waals surface area contributed by atoms with Gasteiger partial charge in [0, 0.05) is 2.74 Å². The first-order valence-corrected chi connectivity index (χ1v) is 12.4. The molecule has 1 aliphatic heterocycles. The average Bonchev–Trinajstić information content (AvgIpc) is 2.96. The second kappa shape index (κ2) is 8.42. The summed E-state index contributed by atoms with van der Waals surface area (Å²) in [5.74, 6) is -0.705. The molecule has 1 saturated heterocycles. The number of carboxylic acid groups (broad SMARTS) is 1. The number of hydrogen-bond donors (Lipinski definition) is 5. The van der Waals surface area contributed by atoms with Crippen LogP contribution < -0.4 is 0 Å². The standard InChI is InChI=1S/C25H40O8/c1-24-9-7-13(26)11-12(24)3-4-14-15-5-6-17(25(15,2)10-8-16(14)24)32-23-20(29)18(27)19(28)21(33-23)22(30)31/h12-21,23,26-29H,3-11H2,1-2H3,(H,30,31)/t12-,13+,14-,15-,16-,17-,18-,19-,20+,21-,23?,24-,25-/m0/s1/i6D2,17D. The van der Waals surface area contributed by atoms with Gasteiger partial charge in [0.05, 0.1) is 13.6 Å². The SMILES string of the molecule is [2H]C1([2H])C[C@H]2[C@@H]3CC[C@H]4C[C@H](O)CC[C@]4(C)[C@H]3CC[C@]2(C)[C@@]1([2H])OC1O[C@H](C(=O)O)[C@@H](O)[C@H](O)[C@H]1O. The Morgan fingerprint density at radius 2 is 1.67 bits per heavy atom. The normalized spacial score (nSPS) is 61.6. The Morgan fingerprint density at radius 3 is 2.39 bits per heavy atom. The highest BCUT2D eigenvalue weighted by Gasteiger charge is 2.61. The zero-order chi connectivity index (χ0) is 26.4. The van der Waals surface area contributed by atoms with Crippen molar-refractivity contribution in [3.63, 3.8) is 0 Å². The predicted molar refractivity (Wildman–Crippen MR) is 117 cm³/mol. The number of fused-ring (bicyclic) bond motifs is 5. The van der Waals surface area contributed by atoms with Crippen molar-refractivity contribution < 1.29 is 43.9 Å². The van der Waals surface area contributed by atoms with E-state index < -0.39 is 54.5 Å². The van der Waals surface area contributed by atoms with Gasteiger partial charge >= 0.3 is 5.97 Å². The Bertz CT molecular complexity index is 891. The van der Waals surface area contributed by atoms with E-state index in [2.05, 4.69) is 6.92 Å². The molecule has 4 aliphatic carbocycles. The summed E-state index contributed by atoms with van der Waals surface area (Å²) in [5, 5.41) is 50.4. The Labute approximate surface area is 199 Å². The topological polar surface area (TPSA) is 137 Å². The molecule has 0 amide bonds. The summed E-state index contributed by atoms with van der Waals surface area (Å²) >= 11 is 0. The minimum atomic E-state index is -2.16. The van der Waals surface area contributed by atoms with Crippen LogP contribution in [0.5, 0.6) is 0 Å². The smallest absolute Gasteiger partial charge is 0.335 e. The monoisotopic (exact) mass is 471 g/mol. The molecule has 5 aliphatic rings. The van der Waals surface area contributed by atoms with Crippen LogP contribution in [0.25, 0.3) is 0 Å². The molecule has 33 heavy (non-hydrogen) atoms. The molecule has 0 radical (unpaired) electrons. The van der Waals surface area contributed by atoms with Gasteiger partial charge in [-0.3, -0.25) is 0 Å². The number of carbonyl (C=O) groups is 1. The van der Waals surface area contributed by atoms with Gasteiger partial charge in [-0.1, -0.05) is 13.8 Å².